The normalized spacial score (nSPS) is 10.8. The molecular formula is C12H11F2NS. The van der Waals surface area contributed by atoms with Gasteiger partial charge in [-0.3, -0.25) is 0 Å². The molecule has 4 heteroatoms. The lowest BCUT2D eigenvalue weighted by Gasteiger charge is -2.04. The molecule has 0 radical (unpaired) electrons. The number of benzene rings is 1. The Morgan fingerprint density at radius 3 is 2.56 bits per heavy atom. The minimum Gasteiger partial charge on any atom is -0.326 e. The molecule has 0 spiro atoms. The summed E-state index contributed by atoms with van der Waals surface area (Å²) in [6.07, 6.45) is 0. The Kier molecular flexibility index (Phi) is 3.03. The minimum absolute atomic E-state index is 0.0460. The van der Waals surface area contributed by atoms with Crippen LogP contribution < -0.4 is 5.73 Å². The third kappa shape index (κ3) is 1.86. The van der Waals surface area contributed by atoms with E-state index in [1.807, 2.05) is 0 Å². The van der Waals surface area contributed by atoms with Gasteiger partial charge in [-0.1, -0.05) is 6.07 Å². The summed E-state index contributed by atoms with van der Waals surface area (Å²) in [5.41, 5.74) is 5.96. The van der Waals surface area contributed by atoms with Gasteiger partial charge in [0.05, 0.1) is 5.56 Å². The van der Waals surface area contributed by atoms with Gasteiger partial charge in [-0.25, -0.2) is 8.78 Å². The van der Waals surface area contributed by atoms with E-state index in [9.17, 15) is 8.78 Å². The molecule has 0 atom stereocenters. The van der Waals surface area contributed by atoms with Gasteiger partial charge in [0.1, 0.15) is 11.6 Å². The third-order valence-electron chi connectivity index (χ3n) is 2.39. The van der Waals surface area contributed by atoms with E-state index in [0.29, 0.717) is 17.0 Å². The van der Waals surface area contributed by atoms with Gasteiger partial charge in [0.25, 0.3) is 0 Å². The van der Waals surface area contributed by atoms with Crippen molar-refractivity contribution in [1.82, 2.24) is 0 Å². The number of rotatable bonds is 2. The van der Waals surface area contributed by atoms with E-state index in [1.54, 1.807) is 19.1 Å². The summed E-state index contributed by atoms with van der Waals surface area (Å²) < 4.78 is 27.4. The van der Waals surface area contributed by atoms with Crippen molar-refractivity contribution < 1.29 is 8.78 Å². The van der Waals surface area contributed by atoms with Gasteiger partial charge in [-0.05, 0) is 30.7 Å². The lowest BCUT2D eigenvalue weighted by molar-refractivity contribution is 0.584. The summed E-state index contributed by atoms with van der Waals surface area (Å²) in [6.45, 7) is 2.01. The molecule has 2 rings (SSSR count). The fourth-order valence-corrected chi connectivity index (χ4v) is 2.43. The predicted octanol–water partition coefficient (Wildman–Crippen LogP) is 3.46. The highest BCUT2D eigenvalue weighted by molar-refractivity contribution is 7.15. The predicted molar refractivity (Wildman–Crippen MR) is 62.3 cm³/mol. The van der Waals surface area contributed by atoms with Crippen LogP contribution in [0.5, 0.6) is 0 Å². The standard InChI is InChI=1S/C12H11F2NS/c1-7-2-4-9(13)11(12(7)14)10-5-3-8(6-15)16-10/h2-5H,6,15H2,1H3. The Morgan fingerprint density at radius 1 is 1.19 bits per heavy atom. The maximum Gasteiger partial charge on any atom is 0.137 e. The molecule has 0 fully saturated rings. The second-order valence-electron chi connectivity index (χ2n) is 3.52. The lowest BCUT2D eigenvalue weighted by Crippen LogP contribution is -1.92. The van der Waals surface area contributed by atoms with Gasteiger partial charge in [0, 0.05) is 16.3 Å². The monoisotopic (exact) mass is 239 g/mol. The topological polar surface area (TPSA) is 26.0 Å². The first-order valence-corrected chi connectivity index (χ1v) is 5.69. The Balaban J connectivity index is 2.58. The zero-order chi connectivity index (χ0) is 11.7. The summed E-state index contributed by atoms with van der Waals surface area (Å²) >= 11 is 1.32. The Labute approximate surface area is 96.5 Å². The van der Waals surface area contributed by atoms with Crippen LogP contribution in [0.1, 0.15) is 10.4 Å². The molecule has 0 aliphatic heterocycles. The summed E-state index contributed by atoms with van der Waals surface area (Å²) in [6, 6.07) is 6.22. The lowest BCUT2D eigenvalue weighted by atomic mass is 10.1. The van der Waals surface area contributed by atoms with E-state index >= 15 is 0 Å². The molecule has 0 amide bonds. The van der Waals surface area contributed by atoms with Crippen molar-refractivity contribution in [3.8, 4) is 10.4 Å². The first-order chi connectivity index (χ1) is 7.63. The summed E-state index contributed by atoms with van der Waals surface area (Å²) in [4.78, 5) is 1.49. The number of hydrogen-bond donors (Lipinski definition) is 1. The molecule has 0 saturated heterocycles. The van der Waals surface area contributed by atoms with Crippen molar-refractivity contribution in [2.75, 3.05) is 0 Å². The van der Waals surface area contributed by atoms with Crippen LogP contribution in [0.15, 0.2) is 24.3 Å². The number of nitrogens with two attached hydrogens (primary N) is 1. The van der Waals surface area contributed by atoms with Crippen LogP contribution in [-0.2, 0) is 6.54 Å². The smallest absolute Gasteiger partial charge is 0.137 e. The molecule has 2 aromatic rings. The Bertz CT molecular complexity index is 520. The average Bonchev–Trinajstić information content (AvgIpc) is 2.73. The molecule has 1 nitrogen and oxygen atoms in total. The Hall–Kier alpha value is -1.26. The second-order valence-corrected chi connectivity index (χ2v) is 4.69. The molecular weight excluding hydrogens is 228 g/mol. The van der Waals surface area contributed by atoms with Gasteiger partial charge < -0.3 is 5.73 Å². The minimum atomic E-state index is -0.534. The first kappa shape index (κ1) is 11.2. The van der Waals surface area contributed by atoms with Gasteiger partial charge >= 0.3 is 0 Å². The summed E-state index contributed by atoms with van der Waals surface area (Å²) in [7, 11) is 0. The molecule has 1 heterocycles. The van der Waals surface area contributed by atoms with Crippen LogP contribution in [0.3, 0.4) is 0 Å². The van der Waals surface area contributed by atoms with Crippen LogP contribution in [-0.4, -0.2) is 0 Å². The molecule has 0 saturated carbocycles. The largest absolute Gasteiger partial charge is 0.326 e. The molecule has 1 aromatic carbocycles. The fourth-order valence-electron chi connectivity index (χ4n) is 1.50. The van der Waals surface area contributed by atoms with E-state index in [0.717, 1.165) is 4.88 Å². The molecule has 16 heavy (non-hydrogen) atoms. The van der Waals surface area contributed by atoms with Crippen molar-refractivity contribution in [3.05, 3.63) is 46.3 Å². The van der Waals surface area contributed by atoms with Gasteiger partial charge in [-0.2, -0.15) is 0 Å². The van der Waals surface area contributed by atoms with E-state index in [2.05, 4.69) is 0 Å². The van der Waals surface area contributed by atoms with Crippen LogP contribution in [0.2, 0.25) is 0 Å². The first-order valence-electron chi connectivity index (χ1n) is 4.87. The van der Waals surface area contributed by atoms with E-state index < -0.39 is 11.6 Å². The van der Waals surface area contributed by atoms with Crippen LogP contribution >= 0.6 is 11.3 Å². The zero-order valence-corrected chi connectivity index (χ0v) is 9.57. The maximum absolute atomic E-state index is 13.8. The van der Waals surface area contributed by atoms with Gasteiger partial charge in [0.2, 0.25) is 0 Å². The maximum atomic E-state index is 13.8. The molecule has 0 unspecified atom stereocenters. The number of halogens is 2. The number of thiophene rings is 1. The highest BCUT2D eigenvalue weighted by Gasteiger charge is 2.15. The van der Waals surface area contributed by atoms with Gasteiger partial charge in [-0.15, -0.1) is 11.3 Å². The quantitative estimate of drug-likeness (QED) is 0.853. The van der Waals surface area contributed by atoms with Crippen molar-refractivity contribution >= 4 is 11.3 Å². The van der Waals surface area contributed by atoms with Crippen molar-refractivity contribution in [3.63, 3.8) is 0 Å². The molecule has 2 N–H and O–H groups in total. The van der Waals surface area contributed by atoms with Crippen LogP contribution in [0.4, 0.5) is 8.78 Å². The fraction of sp³-hybridized carbons (Fsp3) is 0.167. The van der Waals surface area contributed by atoms with E-state index in [4.69, 9.17) is 5.73 Å². The van der Waals surface area contributed by atoms with E-state index in [1.165, 1.54) is 23.5 Å². The zero-order valence-electron chi connectivity index (χ0n) is 8.76. The van der Waals surface area contributed by atoms with Crippen molar-refractivity contribution in [2.24, 2.45) is 5.73 Å². The highest BCUT2D eigenvalue weighted by Crippen LogP contribution is 2.33. The number of hydrogen-bond acceptors (Lipinski definition) is 2. The summed E-state index contributed by atoms with van der Waals surface area (Å²) in [5.74, 6) is -1.03. The van der Waals surface area contributed by atoms with Gasteiger partial charge in [0.15, 0.2) is 0 Å². The molecule has 0 aliphatic carbocycles. The molecule has 0 aliphatic rings. The van der Waals surface area contributed by atoms with Crippen molar-refractivity contribution in [2.45, 2.75) is 13.5 Å². The Morgan fingerprint density at radius 2 is 1.94 bits per heavy atom. The SMILES string of the molecule is Cc1ccc(F)c(-c2ccc(CN)s2)c1F. The number of aryl methyl sites for hydroxylation is 1. The molecule has 0 bridgehead atoms. The molecule has 84 valence electrons. The van der Waals surface area contributed by atoms with E-state index in [-0.39, 0.29) is 5.56 Å². The van der Waals surface area contributed by atoms with Crippen molar-refractivity contribution in [1.29, 1.82) is 0 Å². The third-order valence-corrected chi connectivity index (χ3v) is 3.52. The highest BCUT2D eigenvalue weighted by atomic mass is 32.1. The van der Waals surface area contributed by atoms with Crippen LogP contribution in [0.25, 0.3) is 10.4 Å². The molecule has 1 aromatic heterocycles. The average molecular weight is 239 g/mol. The van der Waals surface area contributed by atoms with Crippen LogP contribution in [0, 0.1) is 18.6 Å². The second kappa shape index (κ2) is 4.31. The summed E-state index contributed by atoms with van der Waals surface area (Å²) in [5, 5.41) is 0.